The van der Waals surface area contributed by atoms with Crippen LogP contribution in [0.4, 0.5) is 0 Å². The van der Waals surface area contributed by atoms with Gasteiger partial charge in [0.15, 0.2) is 6.61 Å². The molecule has 1 aromatic carbocycles. The second-order valence-electron chi connectivity index (χ2n) is 6.01. The minimum atomic E-state index is -0.621. The predicted molar refractivity (Wildman–Crippen MR) is 97.8 cm³/mol. The highest BCUT2D eigenvalue weighted by atomic mass is 32.1. The molecule has 2 aromatic rings. The van der Waals surface area contributed by atoms with Crippen molar-refractivity contribution in [3.8, 4) is 0 Å². The van der Waals surface area contributed by atoms with Crippen LogP contribution in [0.2, 0.25) is 0 Å². The molecule has 2 rings (SSSR count). The molecule has 0 saturated carbocycles. The van der Waals surface area contributed by atoms with Crippen LogP contribution in [0.25, 0.3) is 0 Å². The molecule has 2 amide bonds. The van der Waals surface area contributed by atoms with Crippen LogP contribution in [-0.4, -0.2) is 29.4 Å². The van der Waals surface area contributed by atoms with Crippen LogP contribution in [0.3, 0.4) is 0 Å². The van der Waals surface area contributed by atoms with Crippen molar-refractivity contribution in [2.24, 2.45) is 0 Å². The second-order valence-corrected chi connectivity index (χ2v) is 6.95. The van der Waals surface area contributed by atoms with E-state index in [4.69, 9.17) is 4.74 Å². The lowest BCUT2D eigenvalue weighted by molar-refractivity contribution is -0.130. The number of benzene rings is 1. The van der Waals surface area contributed by atoms with Crippen molar-refractivity contribution in [1.29, 1.82) is 0 Å². The molecule has 0 aliphatic rings. The zero-order chi connectivity index (χ0) is 19.3. The van der Waals surface area contributed by atoms with E-state index in [1.165, 1.54) is 11.3 Å². The average molecular weight is 375 g/mol. The van der Waals surface area contributed by atoms with Gasteiger partial charge in [0, 0.05) is 11.1 Å². The third-order valence-corrected chi connectivity index (χ3v) is 4.50. The number of amides is 2. The van der Waals surface area contributed by atoms with E-state index in [9.17, 15) is 14.4 Å². The third-order valence-electron chi connectivity index (χ3n) is 3.54. The van der Waals surface area contributed by atoms with Crippen LogP contribution in [0.5, 0.6) is 0 Å². The number of hydrogen-bond donors (Lipinski definition) is 2. The van der Waals surface area contributed by atoms with Crippen molar-refractivity contribution >= 4 is 29.1 Å². The van der Waals surface area contributed by atoms with Gasteiger partial charge in [-0.25, -0.2) is 9.78 Å². The molecule has 0 bridgehead atoms. The summed E-state index contributed by atoms with van der Waals surface area (Å²) in [6.45, 7) is 6.93. The van der Waals surface area contributed by atoms with E-state index in [0.29, 0.717) is 10.6 Å². The number of rotatable bonds is 5. The molecule has 2 N–H and O–H groups in total. The highest BCUT2D eigenvalue weighted by Crippen LogP contribution is 2.17. The summed E-state index contributed by atoms with van der Waals surface area (Å²) in [4.78, 5) is 39.8. The number of aromatic nitrogens is 1. The Morgan fingerprint density at radius 3 is 2.23 bits per heavy atom. The first kappa shape index (κ1) is 19.6. The number of carbonyl (C=O) groups is 3. The zero-order valence-corrected chi connectivity index (χ0v) is 16.0. The van der Waals surface area contributed by atoms with Gasteiger partial charge in [-0.05, 0) is 38.8 Å². The minimum Gasteiger partial charge on any atom is -0.452 e. The van der Waals surface area contributed by atoms with Gasteiger partial charge in [0.2, 0.25) is 5.91 Å². The van der Waals surface area contributed by atoms with E-state index in [0.717, 1.165) is 22.4 Å². The lowest BCUT2D eigenvalue weighted by atomic mass is 10.00. The second kappa shape index (κ2) is 8.57. The molecule has 0 radical (unpaired) electrons. The fraction of sp³-hybridized carbons (Fsp3) is 0.333. The number of nitrogens with one attached hydrogen (secondary N) is 2. The number of carbonyl (C=O) groups excluding carboxylic acids is 3. The van der Waals surface area contributed by atoms with E-state index >= 15 is 0 Å². The fourth-order valence-electron chi connectivity index (χ4n) is 2.55. The zero-order valence-electron chi connectivity index (χ0n) is 15.1. The van der Waals surface area contributed by atoms with Gasteiger partial charge in [0.05, 0.1) is 12.0 Å². The van der Waals surface area contributed by atoms with E-state index in [1.807, 2.05) is 45.2 Å². The highest BCUT2D eigenvalue weighted by molar-refractivity contribution is 7.09. The van der Waals surface area contributed by atoms with Crippen LogP contribution in [0, 0.1) is 27.7 Å². The van der Waals surface area contributed by atoms with Crippen LogP contribution in [0.1, 0.15) is 37.7 Å². The summed E-state index contributed by atoms with van der Waals surface area (Å²) in [6, 6.07) is 3.76. The highest BCUT2D eigenvalue weighted by Gasteiger charge is 2.16. The van der Waals surface area contributed by atoms with Crippen molar-refractivity contribution in [2.45, 2.75) is 34.1 Å². The molecular weight excluding hydrogens is 354 g/mol. The van der Waals surface area contributed by atoms with Crippen molar-refractivity contribution < 1.29 is 19.1 Å². The standard InChI is InChI=1S/C18H21N3O4S/c1-10-5-11(2)17(12(3)6-10)18(24)25-8-15(23)21-20-14(22)7-16-19-13(4)9-26-16/h5-6,9H,7-8H2,1-4H3,(H,20,22)(H,21,23). The fourth-order valence-corrected chi connectivity index (χ4v) is 3.32. The van der Waals surface area contributed by atoms with Gasteiger partial charge in [-0.2, -0.15) is 0 Å². The Labute approximate surface area is 155 Å². The molecule has 0 fully saturated rings. The van der Waals surface area contributed by atoms with Crippen LogP contribution < -0.4 is 10.9 Å². The third kappa shape index (κ3) is 5.38. The summed E-state index contributed by atoms with van der Waals surface area (Å²) >= 11 is 1.37. The monoisotopic (exact) mass is 375 g/mol. The molecule has 1 aromatic heterocycles. The maximum absolute atomic E-state index is 12.2. The van der Waals surface area contributed by atoms with Gasteiger partial charge >= 0.3 is 5.97 Å². The summed E-state index contributed by atoms with van der Waals surface area (Å²) in [7, 11) is 0. The van der Waals surface area contributed by atoms with E-state index < -0.39 is 24.4 Å². The van der Waals surface area contributed by atoms with E-state index in [1.54, 1.807) is 0 Å². The Hall–Kier alpha value is -2.74. The van der Waals surface area contributed by atoms with Gasteiger partial charge in [-0.15, -0.1) is 11.3 Å². The van der Waals surface area contributed by atoms with Crippen LogP contribution >= 0.6 is 11.3 Å². The molecular formula is C18H21N3O4S. The van der Waals surface area contributed by atoms with Crippen LogP contribution in [-0.2, 0) is 20.7 Å². The summed E-state index contributed by atoms with van der Waals surface area (Å²) in [5.74, 6) is -1.59. The van der Waals surface area contributed by atoms with Crippen molar-refractivity contribution in [1.82, 2.24) is 15.8 Å². The summed E-state index contributed by atoms with van der Waals surface area (Å²) < 4.78 is 5.03. The molecule has 8 heteroatoms. The summed E-state index contributed by atoms with van der Waals surface area (Å²) in [5, 5.41) is 2.50. The maximum Gasteiger partial charge on any atom is 0.339 e. The maximum atomic E-state index is 12.2. The van der Waals surface area contributed by atoms with Crippen molar-refractivity contribution in [2.75, 3.05) is 6.61 Å². The Kier molecular flexibility index (Phi) is 6.46. The average Bonchev–Trinajstić information content (AvgIpc) is 2.94. The Balaban J connectivity index is 1.79. The number of thiazole rings is 1. The molecule has 0 aliphatic heterocycles. The van der Waals surface area contributed by atoms with E-state index in [2.05, 4.69) is 15.8 Å². The van der Waals surface area contributed by atoms with Gasteiger partial charge in [-0.1, -0.05) is 17.7 Å². The normalized spacial score (nSPS) is 10.3. The minimum absolute atomic E-state index is 0.0698. The molecule has 0 saturated heterocycles. The smallest absolute Gasteiger partial charge is 0.339 e. The van der Waals surface area contributed by atoms with E-state index in [-0.39, 0.29) is 6.42 Å². The Morgan fingerprint density at radius 2 is 1.65 bits per heavy atom. The largest absolute Gasteiger partial charge is 0.452 e. The van der Waals surface area contributed by atoms with Crippen LogP contribution in [0.15, 0.2) is 17.5 Å². The lowest BCUT2D eigenvalue weighted by Crippen LogP contribution is -2.44. The number of ether oxygens (including phenoxy) is 1. The topological polar surface area (TPSA) is 97.4 Å². The molecule has 138 valence electrons. The first-order valence-corrected chi connectivity index (χ1v) is 8.88. The molecule has 0 unspecified atom stereocenters. The summed E-state index contributed by atoms with van der Waals surface area (Å²) in [6.07, 6.45) is 0.0698. The lowest BCUT2D eigenvalue weighted by Gasteiger charge is -2.11. The number of aryl methyl sites for hydroxylation is 4. The molecule has 1 heterocycles. The molecule has 0 aliphatic carbocycles. The number of hydrogen-bond acceptors (Lipinski definition) is 6. The van der Waals surface area contributed by atoms with Gasteiger partial charge < -0.3 is 4.74 Å². The molecule has 0 atom stereocenters. The Morgan fingerprint density at radius 1 is 1.04 bits per heavy atom. The van der Waals surface area contributed by atoms with Crippen molar-refractivity contribution in [3.63, 3.8) is 0 Å². The Bertz CT molecular complexity index is 822. The molecule has 7 nitrogen and oxygen atoms in total. The quantitative estimate of drug-likeness (QED) is 0.615. The van der Waals surface area contributed by atoms with Gasteiger partial charge in [0.1, 0.15) is 5.01 Å². The molecule has 26 heavy (non-hydrogen) atoms. The van der Waals surface area contributed by atoms with Gasteiger partial charge in [0.25, 0.3) is 5.91 Å². The molecule has 0 spiro atoms. The first-order valence-electron chi connectivity index (χ1n) is 8.00. The first-order chi connectivity index (χ1) is 12.3. The summed E-state index contributed by atoms with van der Waals surface area (Å²) in [5.41, 5.74) is 8.41. The van der Waals surface area contributed by atoms with Crippen molar-refractivity contribution in [3.05, 3.63) is 50.5 Å². The number of nitrogens with zero attached hydrogens (tertiary/aromatic N) is 1. The SMILES string of the molecule is Cc1cc(C)c(C(=O)OCC(=O)NNC(=O)Cc2nc(C)cs2)c(C)c1. The predicted octanol–water partition coefficient (Wildman–Crippen LogP) is 1.92. The number of esters is 1. The number of hydrazine groups is 1. The van der Waals surface area contributed by atoms with Gasteiger partial charge in [-0.3, -0.25) is 20.4 Å².